The highest BCUT2D eigenvalue weighted by Gasteiger charge is 2.18. The van der Waals surface area contributed by atoms with Gasteiger partial charge in [0.2, 0.25) is 11.8 Å². The molecule has 0 fully saturated rings. The van der Waals surface area contributed by atoms with E-state index in [-0.39, 0.29) is 17.1 Å². The Morgan fingerprint density at radius 2 is 2.15 bits per heavy atom. The van der Waals surface area contributed by atoms with Crippen molar-refractivity contribution in [2.45, 2.75) is 31.4 Å². The molecule has 0 saturated carbocycles. The molecular formula is C18H20N4O3S2. The molecule has 7 nitrogen and oxygen atoms in total. The van der Waals surface area contributed by atoms with Crippen LogP contribution in [0.5, 0.6) is 5.75 Å². The molecule has 0 aliphatic heterocycles. The number of carbonyl (C=O) groups is 1. The SMILES string of the molecule is COc1cccc(-c2nnc(SCC(=O)Nc3nc(C(C)(C)C)cs3)o2)c1. The van der Waals surface area contributed by atoms with Crippen molar-refractivity contribution in [1.82, 2.24) is 15.2 Å². The number of ether oxygens (including phenoxy) is 1. The average molecular weight is 405 g/mol. The smallest absolute Gasteiger partial charge is 0.277 e. The molecule has 0 spiro atoms. The third-order valence-electron chi connectivity index (χ3n) is 3.57. The van der Waals surface area contributed by atoms with Gasteiger partial charge in [-0.15, -0.1) is 21.5 Å². The highest BCUT2D eigenvalue weighted by atomic mass is 32.2. The summed E-state index contributed by atoms with van der Waals surface area (Å²) in [5.74, 6) is 1.07. The Labute approximate surface area is 165 Å². The lowest BCUT2D eigenvalue weighted by Crippen LogP contribution is -2.15. The number of amides is 1. The number of thiazole rings is 1. The van der Waals surface area contributed by atoms with Crippen LogP contribution < -0.4 is 10.1 Å². The first-order chi connectivity index (χ1) is 12.8. The molecule has 3 aromatic rings. The summed E-state index contributed by atoms with van der Waals surface area (Å²) in [6, 6.07) is 7.35. The van der Waals surface area contributed by atoms with Crippen LogP contribution in [0.1, 0.15) is 26.5 Å². The number of benzene rings is 1. The van der Waals surface area contributed by atoms with Crippen LogP contribution in [-0.2, 0) is 10.2 Å². The minimum absolute atomic E-state index is 0.0471. The summed E-state index contributed by atoms with van der Waals surface area (Å²) in [7, 11) is 1.60. The van der Waals surface area contributed by atoms with E-state index in [4.69, 9.17) is 9.15 Å². The van der Waals surface area contributed by atoms with Gasteiger partial charge in [-0.25, -0.2) is 4.98 Å². The number of methoxy groups -OCH3 is 1. The van der Waals surface area contributed by atoms with Crippen molar-refractivity contribution in [3.8, 4) is 17.2 Å². The maximum atomic E-state index is 12.1. The Hall–Kier alpha value is -2.39. The van der Waals surface area contributed by atoms with E-state index in [0.717, 1.165) is 11.3 Å². The number of nitrogens with one attached hydrogen (secondary N) is 1. The fourth-order valence-corrected chi connectivity index (χ4v) is 3.62. The summed E-state index contributed by atoms with van der Waals surface area (Å²) in [6.45, 7) is 6.25. The summed E-state index contributed by atoms with van der Waals surface area (Å²) < 4.78 is 10.8. The lowest BCUT2D eigenvalue weighted by atomic mass is 9.93. The van der Waals surface area contributed by atoms with E-state index < -0.39 is 0 Å². The van der Waals surface area contributed by atoms with E-state index in [1.54, 1.807) is 7.11 Å². The first-order valence-corrected chi connectivity index (χ1v) is 10.1. The minimum atomic E-state index is -0.170. The molecule has 0 aliphatic rings. The lowest BCUT2D eigenvalue weighted by Gasteiger charge is -2.14. The highest BCUT2D eigenvalue weighted by Crippen LogP contribution is 2.28. The molecule has 2 heterocycles. The molecule has 0 radical (unpaired) electrons. The first kappa shape index (κ1) is 19.4. The third kappa shape index (κ3) is 5.08. The van der Waals surface area contributed by atoms with E-state index in [9.17, 15) is 4.79 Å². The van der Waals surface area contributed by atoms with E-state index in [2.05, 4.69) is 41.3 Å². The van der Waals surface area contributed by atoms with Crippen LogP contribution in [0.4, 0.5) is 5.13 Å². The molecule has 27 heavy (non-hydrogen) atoms. The van der Waals surface area contributed by atoms with Gasteiger partial charge < -0.3 is 14.5 Å². The maximum absolute atomic E-state index is 12.1. The second-order valence-electron chi connectivity index (χ2n) is 6.73. The summed E-state index contributed by atoms with van der Waals surface area (Å²) in [5, 5.41) is 13.7. The van der Waals surface area contributed by atoms with Gasteiger partial charge in [0.1, 0.15) is 5.75 Å². The van der Waals surface area contributed by atoms with Gasteiger partial charge in [0.15, 0.2) is 5.13 Å². The van der Waals surface area contributed by atoms with Crippen molar-refractivity contribution in [2.75, 3.05) is 18.2 Å². The van der Waals surface area contributed by atoms with Crippen molar-refractivity contribution >= 4 is 34.1 Å². The Morgan fingerprint density at radius 1 is 1.33 bits per heavy atom. The Bertz CT molecular complexity index is 931. The van der Waals surface area contributed by atoms with Gasteiger partial charge >= 0.3 is 0 Å². The molecule has 1 aromatic carbocycles. The number of thioether (sulfide) groups is 1. The van der Waals surface area contributed by atoms with Crippen molar-refractivity contribution < 1.29 is 13.9 Å². The highest BCUT2D eigenvalue weighted by molar-refractivity contribution is 7.99. The van der Waals surface area contributed by atoms with Gasteiger partial charge in [-0.3, -0.25) is 4.79 Å². The fourth-order valence-electron chi connectivity index (χ4n) is 2.10. The second kappa shape index (κ2) is 8.10. The predicted molar refractivity (Wildman–Crippen MR) is 106 cm³/mol. The van der Waals surface area contributed by atoms with Crippen LogP contribution >= 0.6 is 23.1 Å². The standard InChI is InChI=1S/C18H20N4O3S2/c1-18(2,3)13-9-26-16(19-13)20-14(23)10-27-17-22-21-15(25-17)11-6-5-7-12(8-11)24-4/h5-9H,10H2,1-4H3,(H,19,20,23). The van der Waals surface area contributed by atoms with Gasteiger partial charge in [-0.1, -0.05) is 38.6 Å². The molecule has 0 saturated heterocycles. The van der Waals surface area contributed by atoms with Crippen molar-refractivity contribution in [3.63, 3.8) is 0 Å². The molecule has 142 valence electrons. The Balaban J connectivity index is 1.56. The van der Waals surface area contributed by atoms with Crippen molar-refractivity contribution in [3.05, 3.63) is 35.3 Å². The molecule has 1 N–H and O–H groups in total. The van der Waals surface area contributed by atoms with E-state index in [0.29, 0.717) is 22.0 Å². The first-order valence-electron chi connectivity index (χ1n) is 8.22. The topological polar surface area (TPSA) is 90.1 Å². The van der Waals surface area contributed by atoms with Gasteiger partial charge in [0, 0.05) is 16.4 Å². The zero-order chi connectivity index (χ0) is 19.4. The zero-order valence-corrected chi connectivity index (χ0v) is 17.1. The van der Waals surface area contributed by atoms with Crippen molar-refractivity contribution in [1.29, 1.82) is 0 Å². The second-order valence-corrected chi connectivity index (χ2v) is 8.51. The Kier molecular flexibility index (Phi) is 5.81. The molecule has 2 aromatic heterocycles. The average Bonchev–Trinajstić information content (AvgIpc) is 3.29. The number of hydrogen-bond donors (Lipinski definition) is 1. The molecule has 9 heteroatoms. The quantitative estimate of drug-likeness (QED) is 0.615. The number of hydrogen-bond acceptors (Lipinski definition) is 8. The van der Waals surface area contributed by atoms with Crippen LogP contribution in [0.25, 0.3) is 11.5 Å². The fraction of sp³-hybridized carbons (Fsp3) is 0.333. The van der Waals surface area contributed by atoms with Crippen LogP contribution in [0.15, 0.2) is 39.3 Å². The van der Waals surface area contributed by atoms with Crippen LogP contribution in [0, 0.1) is 0 Å². The van der Waals surface area contributed by atoms with Gasteiger partial charge in [-0.05, 0) is 18.2 Å². The van der Waals surface area contributed by atoms with E-state index in [1.165, 1.54) is 23.1 Å². The number of nitrogens with zero attached hydrogens (tertiary/aromatic N) is 3. The molecule has 0 atom stereocenters. The van der Waals surface area contributed by atoms with Crippen LogP contribution in [-0.4, -0.2) is 34.0 Å². The van der Waals surface area contributed by atoms with Gasteiger partial charge in [-0.2, -0.15) is 0 Å². The number of carbonyl (C=O) groups excluding carboxylic acids is 1. The van der Waals surface area contributed by atoms with Crippen LogP contribution in [0.2, 0.25) is 0 Å². The summed E-state index contributed by atoms with van der Waals surface area (Å²) in [4.78, 5) is 16.6. The number of aromatic nitrogens is 3. The largest absolute Gasteiger partial charge is 0.497 e. The lowest BCUT2D eigenvalue weighted by molar-refractivity contribution is -0.113. The summed E-state index contributed by atoms with van der Waals surface area (Å²) >= 11 is 2.59. The summed E-state index contributed by atoms with van der Waals surface area (Å²) in [5.41, 5.74) is 1.67. The van der Waals surface area contributed by atoms with Gasteiger partial charge in [0.05, 0.1) is 18.6 Å². The monoisotopic (exact) mass is 404 g/mol. The molecule has 1 amide bonds. The molecule has 3 rings (SSSR count). The maximum Gasteiger partial charge on any atom is 0.277 e. The Morgan fingerprint density at radius 3 is 2.85 bits per heavy atom. The molecule has 0 unspecified atom stereocenters. The van der Waals surface area contributed by atoms with E-state index >= 15 is 0 Å². The molecule has 0 bridgehead atoms. The van der Waals surface area contributed by atoms with E-state index in [1.807, 2.05) is 29.6 Å². The van der Waals surface area contributed by atoms with Crippen molar-refractivity contribution in [2.24, 2.45) is 0 Å². The molecular weight excluding hydrogens is 384 g/mol. The number of rotatable bonds is 6. The number of anilines is 1. The zero-order valence-electron chi connectivity index (χ0n) is 15.5. The third-order valence-corrected chi connectivity index (χ3v) is 5.15. The normalized spacial score (nSPS) is 11.4. The van der Waals surface area contributed by atoms with Gasteiger partial charge in [0.25, 0.3) is 5.22 Å². The van der Waals surface area contributed by atoms with Crippen LogP contribution in [0.3, 0.4) is 0 Å². The minimum Gasteiger partial charge on any atom is -0.497 e. The molecule has 0 aliphatic carbocycles. The summed E-state index contributed by atoms with van der Waals surface area (Å²) in [6.07, 6.45) is 0. The predicted octanol–water partition coefficient (Wildman–Crippen LogP) is 4.23.